The van der Waals surface area contributed by atoms with Crippen LogP contribution in [-0.2, 0) is 22.5 Å². The van der Waals surface area contributed by atoms with Crippen LogP contribution in [0.5, 0.6) is 0 Å². The molecule has 1 atom stereocenters. The number of benzene rings is 2. The van der Waals surface area contributed by atoms with E-state index in [0.717, 1.165) is 22.1 Å². The molecule has 30 heavy (non-hydrogen) atoms. The van der Waals surface area contributed by atoms with Gasteiger partial charge >= 0.3 is 6.18 Å². The summed E-state index contributed by atoms with van der Waals surface area (Å²) in [5.41, 5.74) is 1.36. The van der Waals surface area contributed by atoms with Crippen LogP contribution in [0.15, 0.2) is 59.5 Å². The fourth-order valence-electron chi connectivity index (χ4n) is 2.92. The molecule has 3 rings (SSSR count). The lowest BCUT2D eigenvalue weighted by atomic mass is 10.0. The summed E-state index contributed by atoms with van der Waals surface area (Å²) in [6.07, 6.45) is -2.88. The molecule has 1 heterocycles. The monoisotopic (exact) mass is 436 g/mol. The topological polar surface area (TPSA) is 34.9 Å². The van der Waals surface area contributed by atoms with Gasteiger partial charge in [-0.2, -0.15) is 18.3 Å². The first-order valence-electron chi connectivity index (χ1n) is 9.69. The first-order valence-corrected chi connectivity index (χ1v) is 11.2. The van der Waals surface area contributed by atoms with Crippen molar-refractivity contribution in [1.82, 2.24) is 9.78 Å². The standard InChI is InChI=1S/C21H21F3N2OS.C2H6/c1-20(2,3)26-18(13-19(25-26)21(22,23)24)15-10-8-14(9-11-15)16-6-5-7-17(12-16)28(4)27;1-2/h5-13H,1-4H3;1-2H3. The van der Waals surface area contributed by atoms with Crippen molar-refractivity contribution < 1.29 is 17.4 Å². The second kappa shape index (κ2) is 9.16. The lowest BCUT2D eigenvalue weighted by Gasteiger charge is -2.22. The van der Waals surface area contributed by atoms with Crippen molar-refractivity contribution >= 4 is 10.8 Å². The summed E-state index contributed by atoms with van der Waals surface area (Å²) in [6, 6.07) is 15.7. The predicted octanol–water partition coefficient (Wildman–Crippen LogP) is 6.75. The second-order valence-corrected chi connectivity index (χ2v) is 8.93. The summed E-state index contributed by atoms with van der Waals surface area (Å²) in [4.78, 5) is 0.724. The van der Waals surface area contributed by atoms with Crippen LogP contribution < -0.4 is 0 Å². The quantitative estimate of drug-likeness (QED) is 0.455. The number of halogens is 3. The van der Waals surface area contributed by atoms with Crippen molar-refractivity contribution in [3.8, 4) is 22.4 Å². The number of hydrogen-bond acceptors (Lipinski definition) is 2. The Kier molecular flexibility index (Phi) is 7.29. The van der Waals surface area contributed by atoms with E-state index in [9.17, 15) is 17.4 Å². The Morgan fingerprint density at radius 2 is 1.43 bits per heavy atom. The molecule has 0 aliphatic rings. The van der Waals surface area contributed by atoms with Crippen LogP contribution in [0.4, 0.5) is 13.2 Å². The summed E-state index contributed by atoms with van der Waals surface area (Å²) < 4.78 is 52.6. The van der Waals surface area contributed by atoms with Gasteiger partial charge in [-0.25, -0.2) is 0 Å². The molecule has 0 aliphatic heterocycles. The van der Waals surface area contributed by atoms with E-state index in [4.69, 9.17) is 0 Å². The zero-order valence-corrected chi connectivity index (χ0v) is 18.9. The van der Waals surface area contributed by atoms with Gasteiger partial charge in [0.25, 0.3) is 0 Å². The van der Waals surface area contributed by atoms with E-state index in [2.05, 4.69) is 5.10 Å². The van der Waals surface area contributed by atoms with E-state index in [0.29, 0.717) is 11.3 Å². The fourth-order valence-corrected chi connectivity index (χ4v) is 3.49. The van der Waals surface area contributed by atoms with Crippen molar-refractivity contribution in [1.29, 1.82) is 0 Å². The maximum Gasteiger partial charge on any atom is 0.435 e. The summed E-state index contributed by atoms with van der Waals surface area (Å²) in [5, 5.41) is 3.80. The predicted molar refractivity (Wildman–Crippen MR) is 117 cm³/mol. The molecule has 0 fully saturated rings. The minimum absolute atomic E-state index is 0.412. The van der Waals surface area contributed by atoms with Crippen molar-refractivity contribution in [2.24, 2.45) is 0 Å². The zero-order chi connectivity index (χ0) is 22.7. The molecule has 0 spiro atoms. The first kappa shape index (κ1) is 23.9. The molecule has 2 aromatic carbocycles. The Morgan fingerprint density at radius 1 is 0.867 bits per heavy atom. The SMILES string of the molecule is CC.CS(=O)c1cccc(-c2ccc(-c3cc(C(F)(F)F)nn3C(C)(C)C)cc2)c1. The van der Waals surface area contributed by atoms with Crippen LogP contribution in [0, 0.1) is 0 Å². The number of alkyl halides is 3. The van der Waals surface area contributed by atoms with E-state index in [1.54, 1.807) is 24.5 Å². The molecule has 0 aliphatic carbocycles. The number of rotatable bonds is 3. The normalized spacial score (nSPS) is 12.8. The van der Waals surface area contributed by atoms with Crippen molar-refractivity contribution in [3.63, 3.8) is 0 Å². The van der Waals surface area contributed by atoms with E-state index in [1.165, 1.54) is 4.68 Å². The third-order valence-corrected chi connectivity index (χ3v) is 5.23. The summed E-state index contributed by atoms with van der Waals surface area (Å²) in [7, 11) is -1.08. The summed E-state index contributed by atoms with van der Waals surface area (Å²) >= 11 is 0. The third kappa shape index (κ3) is 5.39. The summed E-state index contributed by atoms with van der Waals surface area (Å²) in [5.74, 6) is 0. The average molecular weight is 437 g/mol. The van der Waals surface area contributed by atoms with E-state index in [-0.39, 0.29) is 0 Å². The van der Waals surface area contributed by atoms with E-state index in [1.807, 2.05) is 65.0 Å². The Labute approximate surface area is 178 Å². The fraction of sp³-hybridized carbons (Fsp3) is 0.348. The number of nitrogens with zero attached hydrogens (tertiary/aromatic N) is 2. The lowest BCUT2D eigenvalue weighted by Crippen LogP contribution is -2.24. The lowest BCUT2D eigenvalue weighted by molar-refractivity contribution is -0.141. The highest BCUT2D eigenvalue weighted by atomic mass is 32.2. The number of aromatic nitrogens is 2. The molecule has 3 aromatic rings. The minimum atomic E-state index is -4.50. The van der Waals surface area contributed by atoms with Gasteiger partial charge in [-0.3, -0.25) is 8.89 Å². The van der Waals surface area contributed by atoms with Gasteiger partial charge in [0.15, 0.2) is 5.69 Å². The minimum Gasteiger partial charge on any atom is -0.259 e. The van der Waals surface area contributed by atoms with Crippen molar-refractivity contribution in [3.05, 3.63) is 60.3 Å². The van der Waals surface area contributed by atoms with Crippen molar-refractivity contribution in [2.45, 2.75) is 51.2 Å². The highest BCUT2D eigenvalue weighted by Crippen LogP contribution is 2.35. The molecule has 7 heteroatoms. The van der Waals surface area contributed by atoms with Crippen LogP contribution in [0.25, 0.3) is 22.4 Å². The van der Waals surface area contributed by atoms with Gasteiger partial charge in [0.2, 0.25) is 0 Å². The van der Waals surface area contributed by atoms with Crippen LogP contribution in [-0.4, -0.2) is 20.2 Å². The Balaban J connectivity index is 0.00000155. The molecule has 3 nitrogen and oxygen atoms in total. The molecule has 0 saturated heterocycles. The average Bonchev–Trinajstić information content (AvgIpc) is 3.16. The largest absolute Gasteiger partial charge is 0.435 e. The maximum atomic E-state index is 13.2. The van der Waals surface area contributed by atoms with Gasteiger partial charge in [0.1, 0.15) is 0 Å². The molecular weight excluding hydrogens is 409 g/mol. The molecule has 0 saturated carbocycles. The zero-order valence-electron chi connectivity index (χ0n) is 18.0. The van der Waals surface area contributed by atoms with E-state index < -0.39 is 28.2 Å². The second-order valence-electron chi connectivity index (χ2n) is 7.55. The van der Waals surface area contributed by atoms with Gasteiger partial charge in [0, 0.05) is 22.0 Å². The van der Waals surface area contributed by atoms with Gasteiger partial charge in [-0.1, -0.05) is 50.2 Å². The van der Waals surface area contributed by atoms with E-state index >= 15 is 0 Å². The Morgan fingerprint density at radius 3 is 1.93 bits per heavy atom. The molecule has 162 valence electrons. The first-order chi connectivity index (χ1) is 14.0. The van der Waals surface area contributed by atoms with Gasteiger partial charge in [0.05, 0.1) is 11.2 Å². The molecule has 1 aromatic heterocycles. The van der Waals surface area contributed by atoms with Gasteiger partial charge < -0.3 is 0 Å². The Hall–Kier alpha value is -2.41. The van der Waals surface area contributed by atoms with Crippen molar-refractivity contribution in [2.75, 3.05) is 6.26 Å². The molecular formula is C23H27F3N2OS. The molecule has 0 N–H and O–H groups in total. The molecule has 0 radical (unpaired) electrons. The molecule has 0 bridgehead atoms. The molecule has 0 amide bonds. The highest BCUT2D eigenvalue weighted by Gasteiger charge is 2.36. The highest BCUT2D eigenvalue weighted by molar-refractivity contribution is 7.84. The van der Waals surface area contributed by atoms with Gasteiger partial charge in [-0.15, -0.1) is 0 Å². The molecule has 1 unspecified atom stereocenters. The van der Waals surface area contributed by atoms with Crippen LogP contribution in [0.3, 0.4) is 0 Å². The van der Waals surface area contributed by atoms with Crippen LogP contribution in [0.2, 0.25) is 0 Å². The summed E-state index contributed by atoms with van der Waals surface area (Å²) in [6.45, 7) is 9.44. The Bertz CT molecular complexity index is 1020. The number of hydrogen-bond donors (Lipinski definition) is 0. The van der Waals surface area contributed by atoms with Crippen LogP contribution >= 0.6 is 0 Å². The third-order valence-electron chi connectivity index (χ3n) is 4.32. The van der Waals surface area contributed by atoms with Gasteiger partial charge in [-0.05, 0) is 55.7 Å². The van der Waals surface area contributed by atoms with Crippen LogP contribution in [0.1, 0.15) is 40.3 Å². The maximum absolute atomic E-state index is 13.2. The smallest absolute Gasteiger partial charge is 0.259 e.